The summed E-state index contributed by atoms with van der Waals surface area (Å²) in [5.74, 6) is 3.34. The number of nitrogens with one attached hydrogen (secondary N) is 5. The zero-order valence-electron chi connectivity index (χ0n) is 39.0. The monoisotopic (exact) mass is 909 g/mol. The molecule has 0 saturated heterocycles. The Kier molecular flexibility index (Phi) is 13.9. The summed E-state index contributed by atoms with van der Waals surface area (Å²) < 4.78 is 27.2. The van der Waals surface area contributed by atoms with Crippen molar-refractivity contribution in [3.8, 4) is 33.8 Å². The van der Waals surface area contributed by atoms with Crippen molar-refractivity contribution in [3.05, 3.63) is 136 Å². The Morgan fingerprint density at radius 2 is 1.64 bits per heavy atom. The van der Waals surface area contributed by atoms with Gasteiger partial charge < -0.3 is 44.6 Å². The molecule has 0 spiro atoms. The van der Waals surface area contributed by atoms with Gasteiger partial charge in [0.2, 0.25) is 5.69 Å². The third kappa shape index (κ3) is 10.6. The number of aliphatic hydroxyl groups is 1. The third-order valence-electron chi connectivity index (χ3n) is 11.2. The predicted molar refractivity (Wildman–Crippen MR) is 255 cm³/mol. The molecule has 1 atom stereocenters. The molecular weight excluding hydrogens is 853 g/mol. The Hall–Kier alpha value is -7.57. The topological polar surface area (TPSA) is 219 Å². The second kappa shape index (κ2) is 20.3. The van der Waals surface area contributed by atoms with E-state index in [9.17, 15) is 9.90 Å². The summed E-state index contributed by atoms with van der Waals surface area (Å²) in [5, 5.41) is 37.6. The number of aromatic amines is 1. The number of pyridine rings is 3. The quantitative estimate of drug-likeness (QED) is 0.0329. The molecule has 2 aromatic carbocycles. The Bertz CT molecular complexity index is 3010. The number of aliphatic hydroxyl groups excluding tert-OH is 1. The average Bonchev–Trinajstić information content (AvgIpc) is 4.01. The third-order valence-corrected chi connectivity index (χ3v) is 11.2. The number of benzene rings is 2. The molecule has 0 aliphatic heterocycles. The number of fused-ring (bicyclic) bond motifs is 1. The molecule has 0 amide bonds. The van der Waals surface area contributed by atoms with Crippen LogP contribution in [0.2, 0.25) is 0 Å². The maximum absolute atomic E-state index is 13.2. The molecule has 8 aromatic rings. The smallest absolute Gasteiger partial charge is 0.271 e. The van der Waals surface area contributed by atoms with Crippen molar-refractivity contribution >= 4 is 28.1 Å². The molecule has 18 heteroatoms. The summed E-state index contributed by atoms with van der Waals surface area (Å²) in [4.78, 5) is 25.3. The number of hydrogen-bond donors (Lipinski definition) is 6. The summed E-state index contributed by atoms with van der Waals surface area (Å²) >= 11 is 0. The summed E-state index contributed by atoms with van der Waals surface area (Å²) in [5.41, 5.74) is 9.23. The highest BCUT2D eigenvalue weighted by Gasteiger charge is 2.25. The first-order chi connectivity index (χ1) is 32.3. The normalized spacial score (nSPS) is 12.0. The zero-order chi connectivity index (χ0) is 47.2. The first-order valence-corrected chi connectivity index (χ1v) is 22.3. The van der Waals surface area contributed by atoms with Crippen LogP contribution < -0.4 is 41.0 Å². The van der Waals surface area contributed by atoms with Crippen LogP contribution in [-0.2, 0) is 26.2 Å². The SMILES string of the molecule is CNc1ncc(-c2c(C)noc2C)cc1NCc1ccc(OCc2c[n+](C(C)C)nn2Cc2noc(C)c2-c2c[nH]c(=O)c(NCc3ccc(OCC(O)NC(C)C)c4ncccc34)c2)cc1. The van der Waals surface area contributed by atoms with Gasteiger partial charge in [-0.15, -0.1) is 9.36 Å². The Morgan fingerprint density at radius 1 is 0.881 bits per heavy atom. The van der Waals surface area contributed by atoms with E-state index in [1.54, 1.807) is 18.5 Å². The molecule has 0 radical (unpaired) electrons. The maximum atomic E-state index is 13.2. The van der Waals surface area contributed by atoms with Gasteiger partial charge in [-0.1, -0.05) is 34.6 Å². The van der Waals surface area contributed by atoms with E-state index in [-0.39, 0.29) is 37.4 Å². The number of aryl methyl sites for hydroxylation is 3. The van der Waals surface area contributed by atoms with E-state index in [1.165, 1.54) is 0 Å². The number of anilines is 3. The fourth-order valence-electron chi connectivity index (χ4n) is 7.88. The van der Waals surface area contributed by atoms with Gasteiger partial charge >= 0.3 is 0 Å². The minimum atomic E-state index is -0.825. The lowest BCUT2D eigenvalue weighted by atomic mass is 10.0. The summed E-state index contributed by atoms with van der Waals surface area (Å²) in [6.45, 7) is 15.2. The molecule has 6 heterocycles. The number of aromatic nitrogens is 8. The van der Waals surface area contributed by atoms with E-state index < -0.39 is 6.23 Å². The van der Waals surface area contributed by atoms with Gasteiger partial charge in [-0.25, -0.2) is 4.98 Å². The van der Waals surface area contributed by atoms with Crippen LogP contribution in [0.15, 0.2) is 99.3 Å². The first kappa shape index (κ1) is 46.0. The van der Waals surface area contributed by atoms with Crippen molar-refractivity contribution in [3.63, 3.8) is 0 Å². The van der Waals surface area contributed by atoms with Gasteiger partial charge in [0, 0.05) is 66.8 Å². The number of nitrogens with zero attached hydrogens (tertiary/aromatic N) is 7. The van der Waals surface area contributed by atoms with E-state index in [0.29, 0.717) is 47.2 Å². The first-order valence-electron chi connectivity index (χ1n) is 22.3. The lowest BCUT2D eigenvalue weighted by Crippen LogP contribution is -2.38. The standard InChI is InChI=1S/C49H56N12O6/c1-28(2)56-44(62)27-65-43-16-13-34(39-10-9-17-51-47(39)43)21-53-41-19-36(23-55-49(41)63)46-32(7)67-58-42(46)25-61-37(24-60(59-61)29(3)4)26-64-38-14-11-33(12-15-38)20-52-40-18-35(22-54-48(40)50-8)45-30(5)57-66-31(45)6/h9-19,22-24,28-29,44,56,59,62H,20-21,25-27H2,1-8H3,(H2,50,52,53,54,55,63)/p+1. The van der Waals surface area contributed by atoms with E-state index in [4.69, 9.17) is 23.7 Å². The highest BCUT2D eigenvalue weighted by molar-refractivity contribution is 5.87. The van der Waals surface area contributed by atoms with Crippen LogP contribution in [0.5, 0.6) is 11.5 Å². The van der Waals surface area contributed by atoms with E-state index in [0.717, 1.165) is 67.4 Å². The molecule has 8 rings (SSSR count). The van der Waals surface area contributed by atoms with Gasteiger partial charge in [0.1, 0.15) is 64.6 Å². The number of H-pyrrole nitrogens is 1. The summed E-state index contributed by atoms with van der Waals surface area (Å²) in [7, 11) is 1.85. The molecule has 348 valence electrons. The van der Waals surface area contributed by atoms with Crippen LogP contribution in [0.1, 0.15) is 73.5 Å². The highest BCUT2D eigenvalue weighted by atomic mass is 16.5. The van der Waals surface area contributed by atoms with Crippen molar-refractivity contribution in [1.29, 1.82) is 0 Å². The van der Waals surface area contributed by atoms with Gasteiger partial charge in [-0.3, -0.25) is 15.1 Å². The van der Waals surface area contributed by atoms with Crippen molar-refractivity contribution < 1.29 is 28.3 Å². The molecule has 18 nitrogen and oxygen atoms in total. The average molecular weight is 910 g/mol. The lowest BCUT2D eigenvalue weighted by molar-refractivity contribution is -0.772. The van der Waals surface area contributed by atoms with E-state index >= 15 is 0 Å². The highest BCUT2D eigenvalue weighted by Crippen LogP contribution is 2.33. The second-order valence-electron chi connectivity index (χ2n) is 16.9. The Labute approximate surface area is 387 Å². The number of ether oxygens (including phenoxy) is 2. The van der Waals surface area contributed by atoms with Crippen LogP contribution >= 0.6 is 0 Å². The molecule has 0 aliphatic rings. The number of hydrogen-bond acceptors (Lipinski definition) is 15. The fourth-order valence-corrected chi connectivity index (χ4v) is 7.88. The van der Waals surface area contributed by atoms with Gasteiger partial charge in [0.15, 0.2) is 19.3 Å². The van der Waals surface area contributed by atoms with E-state index in [1.807, 2.05) is 112 Å². The fraction of sp³-hybridized carbons (Fsp3) is 0.327. The van der Waals surface area contributed by atoms with Crippen molar-refractivity contribution in [2.24, 2.45) is 0 Å². The largest absolute Gasteiger partial charge is 0.487 e. The molecule has 0 saturated carbocycles. The van der Waals surface area contributed by atoms with Gasteiger partial charge in [0.25, 0.3) is 5.56 Å². The summed E-state index contributed by atoms with van der Waals surface area (Å²) in [6.07, 6.45) is 6.34. The second-order valence-corrected chi connectivity index (χ2v) is 16.9. The zero-order valence-corrected chi connectivity index (χ0v) is 39.0. The molecule has 6 N–H and O–H groups in total. The van der Waals surface area contributed by atoms with Crippen LogP contribution in [-0.4, -0.2) is 66.2 Å². The van der Waals surface area contributed by atoms with Crippen LogP contribution in [0.25, 0.3) is 33.2 Å². The van der Waals surface area contributed by atoms with Crippen LogP contribution in [0.3, 0.4) is 0 Å². The predicted octanol–water partition coefficient (Wildman–Crippen LogP) is 7.21. The molecule has 6 aromatic heterocycles. The Morgan fingerprint density at radius 3 is 2.39 bits per heavy atom. The minimum Gasteiger partial charge on any atom is -0.487 e. The Balaban J connectivity index is 0.942. The molecule has 0 aliphatic carbocycles. The summed E-state index contributed by atoms with van der Waals surface area (Å²) in [6, 6.07) is 19.6. The molecular formula is C49H57N12O6+. The van der Waals surface area contributed by atoms with Crippen molar-refractivity contribution in [1.82, 2.24) is 40.5 Å². The lowest BCUT2D eigenvalue weighted by Gasteiger charge is -2.17. The van der Waals surface area contributed by atoms with E-state index in [2.05, 4.69) is 66.4 Å². The number of rotatable bonds is 20. The van der Waals surface area contributed by atoms with Crippen molar-refractivity contribution in [2.45, 2.75) is 93.0 Å². The minimum absolute atomic E-state index is 0.0653. The maximum Gasteiger partial charge on any atom is 0.271 e. The van der Waals surface area contributed by atoms with Crippen LogP contribution in [0, 0.1) is 20.8 Å². The molecule has 0 fully saturated rings. The van der Waals surface area contributed by atoms with Gasteiger partial charge in [0.05, 0.1) is 22.2 Å². The molecule has 67 heavy (non-hydrogen) atoms. The van der Waals surface area contributed by atoms with Gasteiger partial charge in [-0.2, -0.15) is 0 Å². The molecule has 1 unspecified atom stereocenters. The van der Waals surface area contributed by atoms with Crippen LogP contribution in [0.4, 0.5) is 17.2 Å². The molecule has 0 bridgehead atoms. The van der Waals surface area contributed by atoms with Crippen molar-refractivity contribution in [2.75, 3.05) is 29.6 Å². The van der Waals surface area contributed by atoms with Gasteiger partial charge in [-0.05, 0) is 96.0 Å².